The molecule has 2 amide bonds. The molecule has 1 atom stereocenters. The predicted molar refractivity (Wildman–Crippen MR) is 82.0 cm³/mol. The van der Waals surface area contributed by atoms with E-state index in [9.17, 15) is 13.2 Å². The number of hydrogen-bond donors (Lipinski definition) is 2. The van der Waals surface area contributed by atoms with E-state index in [1.807, 2.05) is 0 Å². The Labute approximate surface area is 129 Å². The van der Waals surface area contributed by atoms with Crippen LogP contribution < -0.4 is 20.1 Å². The molecule has 122 valence electrons. The van der Waals surface area contributed by atoms with Gasteiger partial charge in [-0.05, 0) is 24.6 Å². The lowest BCUT2D eigenvalue weighted by atomic mass is 10.2. The Kier molecular flexibility index (Phi) is 5.12. The van der Waals surface area contributed by atoms with Crippen LogP contribution in [0.2, 0.25) is 0 Å². The van der Waals surface area contributed by atoms with Crippen molar-refractivity contribution in [1.29, 1.82) is 0 Å². The van der Waals surface area contributed by atoms with Crippen LogP contribution >= 0.6 is 0 Å². The Morgan fingerprint density at radius 2 is 2.09 bits per heavy atom. The number of methoxy groups -OCH3 is 2. The maximum atomic E-state index is 11.8. The highest BCUT2D eigenvalue weighted by molar-refractivity contribution is 7.91. The number of rotatable bonds is 5. The van der Waals surface area contributed by atoms with Gasteiger partial charge in [0, 0.05) is 18.2 Å². The first-order valence-electron chi connectivity index (χ1n) is 6.89. The van der Waals surface area contributed by atoms with Crippen LogP contribution in [0, 0.1) is 0 Å². The van der Waals surface area contributed by atoms with Crippen molar-refractivity contribution in [2.75, 3.05) is 25.7 Å². The van der Waals surface area contributed by atoms with E-state index in [2.05, 4.69) is 10.6 Å². The lowest BCUT2D eigenvalue weighted by Gasteiger charge is -2.14. The molecule has 8 heteroatoms. The third-order valence-electron chi connectivity index (χ3n) is 3.49. The number of amides is 2. The molecule has 1 aromatic rings. The van der Waals surface area contributed by atoms with Gasteiger partial charge in [-0.25, -0.2) is 13.2 Å². The molecular weight excluding hydrogens is 308 g/mol. The van der Waals surface area contributed by atoms with Crippen molar-refractivity contribution in [2.24, 2.45) is 0 Å². The minimum atomic E-state index is -3.01. The van der Waals surface area contributed by atoms with Gasteiger partial charge in [-0.1, -0.05) is 0 Å². The number of carbonyl (C=O) groups is 1. The van der Waals surface area contributed by atoms with E-state index >= 15 is 0 Å². The molecule has 1 heterocycles. The van der Waals surface area contributed by atoms with Gasteiger partial charge < -0.3 is 20.1 Å². The van der Waals surface area contributed by atoms with Gasteiger partial charge in [0.25, 0.3) is 0 Å². The largest absolute Gasteiger partial charge is 0.497 e. The highest BCUT2D eigenvalue weighted by Gasteiger charge is 2.28. The Morgan fingerprint density at radius 1 is 1.32 bits per heavy atom. The number of hydrogen-bond acceptors (Lipinski definition) is 5. The predicted octanol–water partition coefficient (Wildman–Crippen LogP) is 0.690. The fourth-order valence-corrected chi connectivity index (χ4v) is 4.01. The van der Waals surface area contributed by atoms with Gasteiger partial charge in [0.15, 0.2) is 9.84 Å². The van der Waals surface area contributed by atoms with Gasteiger partial charge in [-0.15, -0.1) is 0 Å². The molecule has 1 aliphatic heterocycles. The zero-order valence-corrected chi connectivity index (χ0v) is 13.4. The van der Waals surface area contributed by atoms with Gasteiger partial charge in [0.1, 0.15) is 11.5 Å². The van der Waals surface area contributed by atoms with E-state index in [-0.39, 0.29) is 24.1 Å². The second kappa shape index (κ2) is 6.87. The molecule has 22 heavy (non-hydrogen) atoms. The number of benzene rings is 1. The lowest BCUT2D eigenvalue weighted by Crippen LogP contribution is -2.42. The fourth-order valence-electron chi connectivity index (χ4n) is 2.34. The maximum Gasteiger partial charge on any atom is 0.315 e. The molecule has 1 saturated heterocycles. The molecule has 1 fully saturated rings. The molecule has 1 aliphatic rings. The summed E-state index contributed by atoms with van der Waals surface area (Å²) in [5.74, 6) is 1.44. The van der Waals surface area contributed by atoms with Crippen molar-refractivity contribution in [2.45, 2.75) is 19.0 Å². The second-order valence-electron chi connectivity index (χ2n) is 5.10. The lowest BCUT2D eigenvalue weighted by molar-refractivity contribution is 0.237. The van der Waals surface area contributed by atoms with E-state index in [1.54, 1.807) is 32.4 Å². The van der Waals surface area contributed by atoms with Crippen molar-refractivity contribution in [3.8, 4) is 11.5 Å². The standard InChI is InChI=1S/C14H20N2O5S/c1-20-12-3-4-13(21-2)10(7-12)8-15-14(17)16-11-5-6-22(18,19)9-11/h3-4,7,11H,5-6,8-9H2,1-2H3,(H2,15,16,17)/t11-/m1/s1. The smallest absolute Gasteiger partial charge is 0.315 e. The Morgan fingerprint density at radius 3 is 2.68 bits per heavy atom. The topological polar surface area (TPSA) is 93.7 Å². The molecule has 0 aromatic heterocycles. The first kappa shape index (κ1) is 16.4. The second-order valence-corrected chi connectivity index (χ2v) is 7.33. The molecule has 0 saturated carbocycles. The molecular formula is C14H20N2O5S. The van der Waals surface area contributed by atoms with Crippen molar-refractivity contribution in [3.05, 3.63) is 23.8 Å². The molecule has 0 radical (unpaired) electrons. The van der Waals surface area contributed by atoms with E-state index < -0.39 is 15.9 Å². The van der Waals surface area contributed by atoms with Crippen molar-refractivity contribution in [3.63, 3.8) is 0 Å². The van der Waals surface area contributed by atoms with Crippen LogP contribution in [0.4, 0.5) is 4.79 Å². The average Bonchev–Trinajstić information content (AvgIpc) is 2.83. The van der Waals surface area contributed by atoms with Crippen LogP contribution in [0.3, 0.4) is 0 Å². The summed E-state index contributed by atoms with van der Waals surface area (Å²) >= 11 is 0. The summed E-state index contributed by atoms with van der Waals surface area (Å²) < 4.78 is 33.1. The Balaban J connectivity index is 1.91. The zero-order chi connectivity index (χ0) is 16.2. The summed E-state index contributed by atoms with van der Waals surface area (Å²) in [4.78, 5) is 11.8. The van der Waals surface area contributed by atoms with Gasteiger partial charge in [-0.3, -0.25) is 0 Å². The van der Waals surface area contributed by atoms with Gasteiger partial charge >= 0.3 is 6.03 Å². The van der Waals surface area contributed by atoms with E-state index in [1.165, 1.54) is 0 Å². The highest BCUT2D eigenvalue weighted by atomic mass is 32.2. The first-order chi connectivity index (χ1) is 10.4. The van der Waals surface area contributed by atoms with Crippen molar-refractivity contribution >= 4 is 15.9 Å². The maximum absolute atomic E-state index is 11.8. The number of nitrogens with one attached hydrogen (secondary N) is 2. The first-order valence-corrected chi connectivity index (χ1v) is 8.71. The SMILES string of the molecule is COc1ccc(OC)c(CNC(=O)N[C@@H]2CCS(=O)(=O)C2)c1. The molecule has 7 nitrogen and oxygen atoms in total. The van der Waals surface area contributed by atoms with Crippen molar-refractivity contribution < 1.29 is 22.7 Å². The van der Waals surface area contributed by atoms with Crippen molar-refractivity contribution in [1.82, 2.24) is 10.6 Å². The summed E-state index contributed by atoms with van der Waals surface area (Å²) in [6.45, 7) is 0.256. The monoisotopic (exact) mass is 328 g/mol. The minimum Gasteiger partial charge on any atom is -0.497 e. The summed E-state index contributed by atoms with van der Waals surface area (Å²) in [5.41, 5.74) is 0.774. The third kappa shape index (κ3) is 4.27. The Bertz CT molecular complexity index is 645. The molecule has 2 rings (SSSR count). The highest BCUT2D eigenvalue weighted by Crippen LogP contribution is 2.23. The van der Waals surface area contributed by atoms with E-state index in [0.717, 1.165) is 5.56 Å². The minimum absolute atomic E-state index is 0.00288. The van der Waals surface area contributed by atoms with Gasteiger partial charge in [0.05, 0.1) is 25.7 Å². The molecule has 0 unspecified atom stereocenters. The van der Waals surface area contributed by atoms with Crippen LogP contribution in [0.5, 0.6) is 11.5 Å². The van der Waals surface area contributed by atoms with Crippen LogP contribution in [-0.4, -0.2) is 46.2 Å². The summed E-state index contributed by atoms with van der Waals surface area (Å²) in [6.07, 6.45) is 0.457. The third-order valence-corrected chi connectivity index (χ3v) is 5.26. The molecule has 0 bridgehead atoms. The normalized spacial score (nSPS) is 19.5. The molecule has 0 spiro atoms. The van der Waals surface area contributed by atoms with Crippen LogP contribution in [0.1, 0.15) is 12.0 Å². The average molecular weight is 328 g/mol. The van der Waals surface area contributed by atoms with Crippen LogP contribution in [0.25, 0.3) is 0 Å². The van der Waals surface area contributed by atoms with Gasteiger partial charge in [0.2, 0.25) is 0 Å². The summed E-state index contributed by atoms with van der Waals surface area (Å²) in [5, 5.41) is 5.37. The van der Waals surface area contributed by atoms with E-state index in [4.69, 9.17) is 9.47 Å². The number of carbonyl (C=O) groups excluding carboxylic acids is 1. The van der Waals surface area contributed by atoms with E-state index in [0.29, 0.717) is 17.9 Å². The number of urea groups is 1. The fraction of sp³-hybridized carbons (Fsp3) is 0.500. The molecule has 2 N–H and O–H groups in total. The summed E-state index contributed by atoms with van der Waals surface area (Å²) in [6, 6.07) is 4.59. The molecule has 1 aromatic carbocycles. The van der Waals surface area contributed by atoms with Crippen LogP contribution in [-0.2, 0) is 16.4 Å². The summed E-state index contributed by atoms with van der Waals surface area (Å²) in [7, 11) is 0.105. The zero-order valence-electron chi connectivity index (χ0n) is 12.6. The van der Waals surface area contributed by atoms with Crippen LogP contribution in [0.15, 0.2) is 18.2 Å². The van der Waals surface area contributed by atoms with Gasteiger partial charge in [-0.2, -0.15) is 0 Å². The number of ether oxygens (including phenoxy) is 2. The quantitative estimate of drug-likeness (QED) is 0.829. The Hall–Kier alpha value is -1.96. The number of sulfone groups is 1. The molecule has 0 aliphatic carbocycles.